The first-order chi connectivity index (χ1) is 14.1. The number of aromatic nitrogens is 3. The largest absolute Gasteiger partial charge is 0.497 e. The van der Waals surface area contributed by atoms with Crippen LogP contribution in [0.15, 0.2) is 35.3 Å². The molecule has 0 atom stereocenters. The molecule has 0 saturated carbocycles. The number of thioether (sulfide) groups is 1. The average molecular weight is 432 g/mol. The lowest BCUT2D eigenvalue weighted by atomic mass is 9.92. The van der Waals surface area contributed by atoms with E-state index in [9.17, 15) is 9.59 Å². The molecule has 2 heterocycles. The molecule has 3 aromatic rings. The minimum Gasteiger partial charge on any atom is -0.497 e. The summed E-state index contributed by atoms with van der Waals surface area (Å²) in [6, 6.07) is 6.90. The third kappa shape index (κ3) is 5.66. The summed E-state index contributed by atoms with van der Waals surface area (Å²) in [6.07, 6.45) is 6.21. The Balaban J connectivity index is 0.00000101. The molecule has 2 N–H and O–H groups in total. The number of hydrogen-bond acceptors (Lipinski definition) is 5. The number of nitrogens with zero attached hydrogens (tertiary/aromatic N) is 2. The number of fused-ring (bicyclic) bond motifs is 1. The lowest BCUT2D eigenvalue weighted by Crippen LogP contribution is -2.16. The summed E-state index contributed by atoms with van der Waals surface area (Å²) in [5.41, 5.74) is 1.33. The van der Waals surface area contributed by atoms with Crippen molar-refractivity contribution in [2.45, 2.75) is 33.7 Å². The third-order valence-electron chi connectivity index (χ3n) is 4.42. The molecule has 0 bridgehead atoms. The minimum absolute atomic E-state index is 0.119. The van der Waals surface area contributed by atoms with Gasteiger partial charge in [-0.15, -0.1) is 0 Å². The maximum Gasteiger partial charge on any atom is 0.341 e. The first kappa shape index (κ1) is 23.5. The Bertz CT molecular complexity index is 1080. The van der Waals surface area contributed by atoms with E-state index in [-0.39, 0.29) is 11.0 Å². The van der Waals surface area contributed by atoms with E-state index < -0.39 is 11.4 Å². The van der Waals surface area contributed by atoms with Crippen molar-refractivity contribution in [3.8, 4) is 17.1 Å². The molecule has 3 rings (SSSR count). The van der Waals surface area contributed by atoms with Gasteiger partial charge in [0.2, 0.25) is 0 Å². The normalized spacial score (nSPS) is 11.1. The van der Waals surface area contributed by atoms with Crippen LogP contribution < -0.4 is 10.2 Å². The highest BCUT2D eigenvalue weighted by Gasteiger charge is 2.19. The van der Waals surface area contributed by atoms with Crippen LogP contribution in [0, 0.1) is 5.41 Å². The number of rotatable bonds is 5. The van der Waals surface area contributed by atoms with Gasteiger partial charge < -0.3 is 14.8 Å². The van der Waals surface area contributed by atoms with Crippen LogP contribution in [-0.4, -0.2) is 45.5 Å². The van der Waals surface area contributed by atoms with Gasteiger partial charge in [-0.2, -0.15) is 16.9 Å². The summed E-state index contributed by atoms with van der Waals surface area (Å²) >= 11 is 1.75. The molecule has 0 amide bonds. The molecule has 7 nitrogen and oxygen atoms in total. The average Bonchev–Trinajstić information content (AvgIpc) is 3.03. The van der Waals surface area contributed by atoms with Gasteiger partial charge in [-0.3, -0.25) is 9.48 Å². The fourth-order valence-electron chi connectivity index (χ4n) is 2.90. The Labute approximate surface area is 180 Å². The molecular weight excluding hydrogens is 402 g/mol. The van der Waals surface area contributed by atoms with E-state index >= 15 is 0 Å². The Morgan fingerprint density at radius 1 is 1.27 bits per heavy atom. The molecule has 0 aliphatic carbocycles. The smallest absolute Gasteiger partial charge is 0.341 e. The van der Waals surface area contributed by atoms with Gasteiger partial charge >= 0.3 is 5.97 Å². The van der Waals surface area contributed by atoms with E-state index in [0.29, 0.717) is 18.0 Å². The maximum absolute atomic E-state index is 12.2. The fourth-order valence-corrected chi connectivity index (χ4v) is 2.90. The Morgan fingerprint density at radius 3 is 2.47 bits per heavy atom. The number of aromatic carboxylic acids is 1. The Kier molecular flexibility index (Phi) is 7.72. The van der Waals surface area contributed by atoms with E-state index in [1.165, 1.54) is 12.3 Å². The standard InChI is InChI=1S/C20H23N3O4.C2H6S/c1-20(2,3)7-8-23-18(13-6-5-12(27-4)9-15(13)22-23)16-10-17(24)14(11-21-16)19(25)26;1-3-2/h5-6,9-11H,7-8H2,1-4H3,(H,21,24)(H,25,26);1-2H3. The highest BCUT2D eigenvalue weighted by molar-refractivity contribution is 7.97. The summed E-state index contributed by atoms with van der Waals surface area (Å²) in [5.74, 6) is -0.553. The molecule has 0 aliphatic heterocycles. The highest BCUT2D eigenvalue weighted by atomic mass is 32.2. The molecule has 30 heavy (non-hydrogen) atoms. The van der Waals surface area contributed by atoms with Crippen LogP contribution in [0.3, 0.4) is 0 Å². The molecule has 2 aromatic heterocycles. The van der Waals surface area contributed by atoms with Crippen LogP contribution >= 0.6 is 11.8 Å². The van der Waals surface area contributed by atoms with Crippen LogP contribution in [0.4, 0.5) is 0 Å². The number of pyridine rings is 1. The molecule has 0 radical (unpaired) electrons. The summed E-state index contributed by atoms with van der Waals surface area (Å²) in [5, 5.41) is 14.6. The zero-order chi connectivity index (χ0) is 22.5. The molecule has 162 valence electrons. The zero-order valence-electron chi connectivity index (χ0n) is 18.3. The van der Waals surface area contributed by atoms with Crippen LogP contribution in [0.2, 0.25) is 0 Å². The number of aromatic amines is 1. The molecule has 0 spiro atoms. The molecular formula is C22H29N3O4S. The van der Waals surface area contributed by atoms with Crippen molar-refractivity contribution in [1.82, 2.24) is 14.8 Å². The number of carbonyl (C=O) groups is 1. The van der Waals surface area contributed by atoms with E-state index in [1.54, 1.807) is 18.9 Å². The van der Waals surface area contributed by atoms with Gasteiger partial charge in [0.05, 0.1) is 24.0 Å². The molecule has 0 aliphatic rings. The van der Waals surface area contributed by atoms with Crippen molar-refractivity contribution < 1.29 is 14.6 Å². The first-order valence-corrected chi connectivity index (χ1v) is 11.2. The number of methoxy groups -OCH3 is 1. The van der Waals surface area contributed by atoms with E-state index in [1.807, 2.05) is 35.4 Å². The van der Waals surface area contributed by atoms with Gasteiger partial charge in [0, 0.05) is 30.3 Å². The fraction of sp³-hybridized carbons (Fsp3) is 0.409. The number of benzene rings is 1. The van der Waals surface area contributed by atoms with Crippen molar-refractivity contribution in [3.05, 3.63) is 46.2 Å². The predicted molar refractivity (Wildman–Crippen MR) is 123 cm³/mol. The minimum atomic E-state index is -1.25. The topological polar surface area (TPSA) is 97.2 Å². The quantitative estimate of drug-likeness (QED) is 0.617. The number of ether oxygens (including phenoxy) is 1. The second kappa shape index (κ2) is 9.84. The van der Waals surface area contributed by atoms with Gasteiger partial charge in [-0.1, -0.05) is 20.8 Å². The predicted octanol–water partition coefficient (Wildman–Crippen LogP) is 4.51. The third-order valence-corrected chi connectivity index (χ3v) is 4.42. The SMILES string of the molecule is COc1ccc2c(-c3cc(=O)c(C(=O)O)c[nH]3)n(CCC(C)(C)C)nc2c1.CSC. The number of aryl methyl sites for hydroxylation is 1. The van der Waals surface area contributed by atoms with Crippen molar-refractivity contribution in [1.29, 1.82) is 0 Å². The molecule has 1 aromatic carbocycles. The van der Waals surface area contributed by atoms with Gasteiger partial charge in [0.25, 0.3) is 0 Å². The summed E-state index contributed by atoms with van der Waals surface area (Å²) in [7, 11) is 1.60. The Hall–Kier alpha value is -2.74. The second-order valence-electron chi connectivity index (χ2n) is 8.10. The van der Waals surface area contributed by atoms with Crippen LogP contribution in [0.5, 0.6) is 5.75 Å². The van der Waals surface area contributed by atoms with Crippen molar-refractivity contribution in [3.63, 3.8) is 0 Å². The Morgan fingerprint density at radius 2 is 1.93 bits per heavy atom. The van der Waals surface area contributed by atoms with E-state index in [4.69, 9.17) is 9.84 Å². The maximum atomic E-state index is 12.2. The molecule has 0 fully saturated rings. The number of nitrogens with one attached hydrogen (secondary N) is 1. The van der Waals surface area contributed by atoms with Crippen molar-refractivity contribution >= 4 is 28.6 Å². The van der Waals surface area contributed by atoms with Gasteiger partial charge in [-0.05, 0) is 36.5 Å². The monoisotopic (exact) mass is 431 g/mol. The summed E-state index contributed by atoms with van der Waals surface area (Å²) in [4.78, 5) is 26.3. The molecule has 8 heteroatoms. The number of carboxylic acid groups (broad SMARTS) is 1. The zero-order valence-corrected chi connectivity index (χ0v) is 19.1. The number of H-pyrrole nitrogens is 1. The van der Waals surface area contributed by atoms with E-state index in [0.717, 1.165) is 23.0 Å². The second-order valence-corrected chi connectivity index (χ2v) is 8.92. The van der Waals surface area contributed by atoms with Crippen LogP contribution in [-0.2, 0) is 6.54 Å². The van der Waals surface area contributed by atoms with Crippen molar-refractivity contribution in [2.24, 2.45) is 5.41 Å². The van der Waals surface area contributed by atoms with Crippen molar-refractivity contribution in [2.75, 3.05) is 19.6 Å². The van der Waals surface area contributed by atoms with Gasteiger partial charge in [-0.25, -0.2) is 4.79 Å². The van der Waals surface area contributed by atoms with Crippen LogP contribution in [0.25, 0.3) is 22.3 Å². The number of carboxylic acids is 1. The number of hydrogen-bond donors (Lipinski definition) is 2. The highest BCUT2D eigenvalue weighted by Crippen LogP contribution is 2.31. The summed E-state index contributed by atoms with van der Waals surface area (Å²) in [6.45, 7) is 7.13. The van der Waals surface area contributed by atoms with Gasteiger partial charge in [0.15, 0.2) is 5.43 Å². The summed E-state index contributed by atoms with van der Waals surface area (Å²) < 4.78 is 7.14. The van der Waals surface area contributed by atoms with Crippen LogP contribution in [0.1, 0.15) is 37.6 Å². The lowest BCUT2D eigenvalue weighted by molar-refractivity contribution is 0.0695. The molecule has 0 saturated heterocycles. The lowest BCUT2D eigenvalue weighted by Gasteiger charge is -2.18. The first-order valence-electron chi connectivity index (χ1n) is 9.52. The molecule has 0 unspecified atom stereocenters. The van der Waals surface area contributed by atoms with E-state index in [2.05, 4.69) is 30.9 Å². The van der Waals surface area contributed by atoms with Gasteiger partial charge in [0.1, 0.15) is 11.3 Å².